The maximum atomic E-state index is 10.9. The van der Waals surface area contributed by atoms with E-state index >= 15 is 0 Å². The minimum atomic E-state index is -0.953. The van der Waals surface area contributed by atoms with Crippen molar-refractivity contribution in [1.82, 2.24) is 0 Å². The van der Waals surface area contributed by atoms with Gasteiger partial charge in [-0.25, -0.2) is 4.79 Å². The van der Waals surface area contributed by atoms with Crippen LogP contribution in [0.15, 0.2) is 30.3 Å². The monoisotopic (exact) mass is 343 g/mol. The topological polar surface area (TPSA) is 49.3 Å². The quantitative estimate of drug-likeness (QED) is 0.743. The molecule has 0 heterocycles. The summed E-state index contributed by atoms with van der Waals surface area (Å²) in [6.45, 7) is 2.22. The van der Waals surface area contributed by atoms with Gasteiger partial charge < -0.3 is 10.4 Å². The number of aryl methyl sites for hydroxylation is 1. The number of aromatic carboxylic acids is 1. The van der Waals surface area contributed by atoms with Gasteiger partial charge in [-0.1, -0.05) is 34.8 Å². The molecule has 0 aromatic heterocycles. The first-order chi connectivity index (χ1) is 9.90. The summed E-state index contributed by atoms with van der Waals surface area (Å²) in [6, 6.07) is 8.19. The Balaban J connectivity index is 2.21. The average molecular weight is 345 g/mol. The van der Waals surface area contributed by atoms with Crippen molar-refractivity contribution in [1.29, 1.82) is 0 Å². The molecule has 0 atom stereocenters. The van der Waals surface area contributed by atoms with Crippen LogP contribution in [0, 0.1) is 6.92 Å². The van der Waals surface area contributed by atoms with Crippen LogP contribution in [0.4, 0.5) is 5.69 Å². The number of hydrogen-bond acceptors (Lipinski definition) is 2. The molecular formula is C15H12Cl3NO2. The van der Waals surface area contributed by atoms with Gasteiger partial charge >= 0.3 is 5.97 Å². The van der Waals surface area contributed by atoms with Crippen molar-refractivity contribution in [2.75, 3.05) is 5.32 Å². The van der Waals surface area contributed by atoms with E-state index in [2.05, 4.69) is 5.32 Å². The second-order valence-corrected chi connectivity index (χ2v) is 5.70. The molecule has 0 aliphatic heterocycles. The summed E-state index contributed by atoms with van der Waals surface area (Å²) in [6.07, 6.45) is 0. The highest BCUT2D eigenvalue weighted by Gasteiger charge is 2.11. The Bertz CT molecular complexity index is 702. The summed E-state index contributed by atoms with van der Waals surface area (Å²) in [4.78, 5) is 10.9. The normalized spacial score (nSPS) is 10.5. The van der Waals surface area contributed by atoms with E-state index in [0.29, 0.717) is 27.2 Å². The molecule has 0 saturated heterocycles. The highest BCUT2D eigenvalue weighted by Crippen LogP contribution is 2.32. The molecule has 21 heavy (non-hydrogen) atoms. The second-order valence-electron chi connectivity index (χ2n) is 4.51. The Labute approximate surface area is 137 Å². The van der Waals surface area contributed by atoms with Crippen molar-refractivity contribution < 1.29 is 9.90 Å². The molecule has 0 radical (unpaired) electrons. The Morgan fingerprint density at radius 1 is 1.14 bits per heavy atom. The number of carboxylic acid groups (broad SMARTS) is 1. The van der Waals surface area contributed by atoms with Gasteiger partial charge in [0, 0.05) is 22.8 Å². The third kappa shape index (κ3) is 3.62. The van der Waals surface area contributed by atoms with E-state index in [1.54, 1.807) is 30.3 Å². The largest absolute Gasteiger partial charge is 0.478 e. The van der Waals surface area contributed by atoms with Crippen molar-refractivity contribution >= 4 is 46.5 Å². The molecule has 2 rings (SSSR count). The molecule has 0 fully saturated rings. The van der Waals surface area contributed by atoms with E-state index < -0.39 is 5.97 Å². The molecule has 0 aliphatic carbocycles. The van der Waals surface area contributed by atoms with Gasteiger partial charge in [0.2, 0.25) is 0 Å². The Hall–Kier alpha value is -1.42. The number of rotatable bonds is 4. The van der Waals surface area contributed by atoms with E-state index in [4.69, 9.17) is 39.9 Å². The first-order valence-corrected chi connectivity index (χ1v) is 7.23. The predicted molar refractivity (Wildman–Crippen MR) is 86.9 cm³/mol. The van der Waals surface area contributed by atoms with Gasteiger partial charge in [-0.05, 0) is 42.8 Å². The minimum Gasteiger partial charge on any atom is -0.478 e. The molecule has 0 bridgehead atoms. The van der Waals surface area contributed by atoms with Gasteiger partial charge in [-0.3, -0.25) is 0 Å². The van der Waals surface area contributed by atoms with Crippen LogP contribution in [-0.2, 0) is 6.54 Å². The smallest absolute Gasteiger partial charge is 0.335 e. The summed E-state index contributed by atoms with van der Waals surface area (Å²) in [7, 11) is 0. The summed E-state index contributed by atoms with van der Waals surface area (Å²) in [5.41, 5.74) is 2.58. The van der Waals surface area contributed by atoms with Gasteiger partial charge in [-0.2, -0.15) is 0 Å². The van der Waals surface area contributed by atoms with Gasteiger partial charge in [0.05, 0.1) is 15.6 Å². The van der Waals surface area contributed by atoms with E-state index in [-0.39, 0.29) is 5.56 Å². The average Bonchev–Trinajstić information content (AvgIpc) is 2.44. The fourth-order valence-corrected chi connectivity index (χ4v) is 2.59. The first kappa shape index (κ1) is 16.0. The third-order valence-corrected chi connectivity index (χ3v) is 4.27. The van der Waals surface area contributed by atoms with Crippen molar-refractivity contribution in [3.8, 4) is 0 Å². The van der Waals surface area contributed by atoms with E-state index in [1.807, 2.05) is 6.92 Å². The van der Waals surface area contributed by atoms with Gasteiger partial charge in [0.15, 0.2) is 0 Å². The highest BCUT2D eigenvalue weighted by molar-refractivity contribution is 6.44. The lowest BCUT2D eigenvalue weighted by Crippen LogP contribution is -2.04. The summed E-state index contributed by atoms with van der Waals surface area (Å²) in [5, 5.41) is 13.5. The Morgan fingerprint density at radius 2 is 1.81 bits per heavy atom. The molecule has 0 spiro atoms. The molecule has 2 N–H and O–H groups in total. The van der Waals surface area contributed by atoms with Crippen LogP contribution in [0.2, 0.25) is 15.1 Å². The van der Waals surface area contributed by atoms with Crippen LogP contribution in [0.3, 0.4) is 0 Å². The summed E-state index contributed by atoms with van der Waals surface area (Å²) < 4.78 is 0. The number of carboxylic acids is 1. The van der Waals surface area contributed by atoms with E-state index in [9.17, 15) is 4.79 Å². The van der Waals surface area contributed by atoms with Crippen LogP contribution in [0.25, 0.3) is 0 Å². The van der Waals surface area contributed by atoms with Crippen molar-refractivity contribution in [3.05, 3.63) is 62.1 Å². The molecule has 110 valence electrons. The fraction of sp³-hybridized carbons (Fsp3) is 0.133. The molecule has 2 aromatic rings. The molecule has 6 heteroatoms. The number of benzene rings is 2. The fourth-order valence-electron chi connectivity index (χ4n) is 1.91. The Morgan fingerprint density at radius 3 is 2.43 bits per heavy atom. The zero-order valence-corrected chi connectivity index (χ0v) is 13.4. The van der Waals surface area contributed by atoms with Crippen molar-refractivity contribution in [3.63, 3.8) is 0 Å². The van der Waals surface area contributed by atoms with Crippen LogP contribution >= 0.6 is 34.8 Å². The van der Waals surface area contributed by atoms with Gasteiger partial charge in [0.25, 0.3) is 0 Å². The predicted octanol–water partition coefficient (Wildman–Crippen LogP) is 5.27. The van der Waals surface area contributed by atoms with Crippen molar-refractivity contribution in [2.45, 2.75) is 13.5 Å². The molecular weight excluding hydrogens is 333 g/mol. The van der Waals surface area contributed by atoms with Crippen LogP contribution in [0.5, 0.6) is 0 Å². The lowest BCUT2D eigenvalue weighted by molar-refractivity contribution is 0.0697. The molecule has 0 amide bonds. The number of hydrogen-bond donors (Lipinski definition) is 2. The Kier molecular flexibility index (Phi) is 4.99. The summed E-state index contributed by atoms with van der Waals surface area (Å²) >= 11 is 18.2. The van der Waals surface area contributed by atoms with Crippen LogP contribution in [0.1, 0.15) is 21.5 Å². The maximum absolute atomic E-state index is 10.9. The van der Waals surface area contributed by atoms with Crippen molar-refractivity contribution in [2.24, 2.45) is 0 Å². The summed E-state index contributed by atoms with van der Waals surface area (Å²) in [5.74, 6) is -0.953. The zero-order valence-electron chi connectivity index (χ0n) is 11.1. The molecule has 0 aliphatic rings. The molecule has 0 saturated carbocycles. The van der Waals surface area contributed by atoms with E-state index in [0.717, 1.165) is 11.3 Å². The maximum Gasteiger partial charge on any atom is 0.335 e. The standard InChI is InChI=1S/C15H12Cl3NO2/c1-8-6-9(15(20)21)2-5-13(8)19-7-10-11(16)3-4-12(17)14(10)18/h2-6,19H,7H2,1H3,(H,20,21). The first-order valence-electron chi connectivity index (χ1n) is 6.10. The second kappa shape index (κ2) is 6.56. The van der Waals surface area contributed by atoms with Gasteiger partial charge in [0.1, 0.15) is 0 Å². The molecule has 0 unspecified atom stereocenters. The number of anilines is 1. The number of carbonyl (C=O) groups is 1. The van der Waals surface area contributed by atoms with Crippen LogP contribution < -0.4 is 5.32 Å². The SMILES string of the molecule is Cc1cc(C(=O)O)ccc1NCc1c(Cl)ccc(Cl)c1Cl. The number of halogens is 3. The highest BCUT2D eigenvalue weighted by atomic mass is 35.5. The lowest BCUT2D eigenvalue weighted by atomic mass is 10.1. The zero-order chi connectivity index (χ0) is 15.6. The lowest BCUT2D eigenvalue weighted by Gasteiger charge is -2.13. The van der Waals surface area contributed by atoms with Crippen LogP contribution in [-0.4, -0.2) is 11.1 Å². The minimum absolute atomic E-state index is 0.247. The molecule has 3 nitrogen and oxygen atoms in total. The van der Waals surface area contributed by atoms with Gasteiger partial charge in [-0.15, -0.1) is 0 Å². The number of nitrogens with one attached hydrogen (secondary N) is 1. The third-order valence-electron chi connectivity index (χ3n) is 3.07. The molecule has 2 aromatic carbocycles. The van der Waals surface area contributed by atoms with E-state index in [1.165, 1.54) is 0 Å².